The minimum absolute atomic E-state index is 0.0557. The van der Waals surface area contributed by atoms with Crippen LogP contribution in [0.15, 0.2) is 24.3 Å². The zero-order chi connectivity index (χ0) is 10.1. The predicted molar refractivity (Wildman–Crippen MR) is 45.8 cm³/mol. The summed E-state index contributed by atoms with van der Waals surface area (Å²) >= 11 is 0. The Bertz CT molecular complexity index is 401. The summed E-state index contributed by atoms with van der Waals surface area (Å²) in [6, 6.07) is 5.70. The number of benzene rings is 1. The number of hydrogen-bond acceptors (Lipinski definition) is 3. The monoisotopic (exact) mass is 202 g/mol. The van der Waals surface area contributed by atoms with Crippen molar-refractivity contribution in [2.24, 2.45) is 0 Å². The lowest BCUT2D eigenvalue weighted by Gasteiger charge is -2.07. The lowest BCUT2D eigenvalue weighted by atomic mass is 10.2. The molecule has 1 aromatic rings. The van der Waals surface area contributed by atoms with Gasteiger partial charge in [0.25, 0.3) is 10.1 Å². The molecule has 0 fully saturated rings. The SMILES string of the molecule is Nc1ccccc1C([O])S(=O)(=O)O. The van der Waals surface area contributed by atoms with Crippen molar-refractivity contribution in [3.05, 3.63) is 29.8 Å². The summed E-state index contributed by atoms with van der Waals surface area (Å²) in [4.78, 5) is 0. The summed E-state index contributed by atoms with van der Waals surface area (Å²) in [5.41, 5.74) is 3.04. The maximum absolute atomic E-state index is 11.1. The van der Waals surface area contributed by atoms with E-state index in [9.17, 15) is 13.5 Å². The third-order valence-corrected chi connectivity index (χ3v) is 2.32. The molecule has 0 bridgehead atoms. The van der Waals surface area contributed by atoms with E-state index in [1.54, 1.807) is 6.07 Å². The van der Waals surface area contributed by atoms with Crippen LogP contribution in [0.5, 0.6) is 0 Å². The second kappa shape index (κ2) is 3.33. The smallest absolute Gasteiger partial charge is 0.300 e. The van der Waals surface area contributed by atoms with Crippen molar-refractivity contribution in [3.8, 4) is 0 Å². The fraction of sp³-hybridized carbons (Fsp3) is 0.143. The van der Waals surface area contributed by atoms with Gasteiger partial charge < -0.3 is 5.73 Å². The fourth-order valence-electron chi connectivity index (χ4n) is 0.886. The Labute approximate surface area is 75.6 Å². The Hall–Kier alpha value is -1.11. The molecule has 1 rings (SSSR count). The molecule has 5 nitrogen and oxygen atoms in total. The third kappa shape index (κ3) is 2.18. The summed E-state index contributed by atoms with van der Waals surface area (Å²) in [5, 5.41) is 11.1. The van der Waals surface area contributed by atoms with E-state index in [1.807, 2.05) is 0 Å². The van der Waals surface area contributed by atoms with E-state index in [4.69, 9.17) is 10.3 Å². The zero-order valence-corrected chi connectivity index (χ0v) is 7.36. The Morgan fingerprint density at radius 1 is 1.31 bits per heavy atom. The number of rotatable bonds is 2. The molecule has 0 saturated heterocycles. The molecule has 0 saturated carbocycles. The lowest BCUT2D eigenvalue weighted by molar-refractivity contribution is 0.147. The van der Waals surface area contributed by atoms with Crippen LogP contribution in [0, 0.1) is 0 Å². The van der Waals surface area contributed by atoms with Crippen molar-refractivity contribution in [1.29, 1.82) is 0 Å². The molecule has 1 atom stereocenters. The van der Waals surface area contributed by atoms with Crippen molar-refractivity contribution in [2.75, 3.05) is 5.73 Å². The second-order valence-electron chi connectivity index (χ2n) is 2.48. The Morgan fingerprint density at radius 2 is 1.85 bits per heavy atom. The first-order valence-corrected chi connectivity index (χ1v) is 4.90. The highest BCUT2D eigenvalue weighted by Crippen LogP contribution is 2.23. The van der Waals surface area contributed by atoms with Crippen molar-refractivity contribution in [3.63, 3.8) is 0 Å². The molecular weight excluding hydrogens is 194 g/mol. The van der Waals surface area contributed by atoms with E-state index >= 15 is 0 Å². The lowest BCUT2D eigenvalue weighted by Crippen LogP contribution is -2.11. The van der Waals surface area contributed by atoms with Crippen molar-refractivity contribution in [2.45, 2.75) is 5.44 Å². The quantitative estimate of drug-likeness (QED) is 0.541. The van der Waals surface area contributed by atoms with Gasteiger partial charge in [-0.05, 0) is 6.07 Å². The van der Waals surface area contributed by atoms with Crippen molar-refractivity contribution < 1.29 is 18.1 Å². The van der Waals surface area contributed by atoms with E-state index in [0.717, 1.165) is 0 Å². The van der Waals surface area contributed by atoms with Crippen LogP contribution >= 0.6 is 0 Å². The molecule has 0 spiro atoms. The number of nitrogen functional groups attached to an aromatic ring is 1. The summed E-state index contributed by atoms with van der Waals surface area (Å²) in [6.07, 6.45) is 0. The van der Waals surface area contributed by atoms with Crippen molar-refractivity contribution in [1.82, 2.24) is 0 Å². The molecule has 13 heavy (non-hydrogen) atoms. The van der Waals surface area contributed by atoms with Crippen LogP contribution in [0.2, 0.25) is 0 Å². The topological polar surface area (TPSA) is 100 Å². The standard InChI is InChI=1S/C7H8NO4S/c8-6-4-2-1-3-5(6)7(9)13(10,11)12/h1-4,7H,8H2,(H,10,11,12). The van der Waals surface area contributed by atoms with E-state index < -0.39 is 15.6 Å². The van der Waals surface area contributed by atoms with Gasteiger partial charge >= 0.3 is 0 Å². The third-order valence-electron chi connectivity index (χ3n) is 1.52. The molecule has 0 aliphatic heterocycles. The van der Waals surface area contributed by atoms with Gasteiger partial charge in [-0.2, -0.15) is 8.42 Å². The predicted octanol–water partition coefficient (Wildman–Crippen LogP) is 0.586. The molecule has 71 valence electrons. The molecule has 3 N–H and O–H groups in total. The minimum atomic E-state index is -4.61. The van der Waals surface area contributed by atoms with Crippen LogP contribution in [0.4, 0.5) is 5.69 Å². The molecule has 0 amide bonds. The van der Waals surface area contributed by atoms with E-state index in [0.29, 0.717) is 0 Å². The number of hydrogen-bond donors (Lipinski definition) is 2. The van der Waals surface area contributed by atoms with Crippen LogP contribution < -0.4 is 5.73 Å². The van der Waals surface area contributed by atoms with Gasteiger partial charge in [0.2, 0.25) is 5.44 Å². The van der Waals surface area contributed by atoms with Gasteiger partial charge in [-0.25, -0.2) is 5.11 Å². The minimum Gasteiger partial charge on any atom is -0.398 e. The largest absolute Gasteiger partial charge is 0.398 e. The van der Waals surface area contributed by atoms with Gasteiger partial charge in [-0.15, -0.1) is 0 Å². The first-order chi connectivity index (χ1) is 5.93. The average Bonchev–Trinajstić information content (AvgIpc) is 2.02. The molecule has 0 heterocycles. The van der Waals surface area contributed by atoms with Crippen LogP contribution in [0.3, 0.4) is 0 Å². The van der Waals surface area contributed by atoms with Gasteiger partial charge in [0.05, 0.1) is 0 Å². The van der Waals surface area contributed by atoms with Gasteiger partial charge in [0.15, 0.2) is 0 Å². The van der Waals surface area contributed by atoms with Gasteiger partial charge in [-0.1, -0.05) is 18.2 Å². The number of nitrogens with two attached hydrogens (primary N) is 1. The summed E-state index contributed by atoms with van der Waals surface area (Å²) < 4.78 is 29.4. The first kappa shape index (κ1) is 9.97. The van der Waals surface area contributed by atoms with E-state index in [1.165, 1.54) is 18.2 Å². The van der Waals surface area contributed by atoms with Crippen LogP contribution in [0.1, 0.15) is 11.0 Å². The molecule has 0 aliphatic rings. The van der Waals surface area contributed by atoms with Crippen molar-refractivity contribution >= 4 is 15.8 Å². The molecular formula is C7H8NO4S. The van der Waals surface area contributed by atoms with Gasteiger partial charge in [0.1, 0.15) is 0 Å². The van der Waals surface area contributed by atoms with E-state index in [2.05, 4.69) is 0 Å². The van der Waals surface area contributed by atoms with Crippen LogP contribution in [-0.4, -0.2) is 13.0 Å². The Kier molecular flexibility index (Phi) is 2.55. The highest BCUT2D eigenvalue weighted by Gasteiger charge is 2.25. The summed E-state index contributed by atoms with van der Waals surface area (Å²) in [7, 11) is -4.61. The maximum Gasteiger partial charge on any atom is 0.300 e. The molecule has 0 aromatic heterocycles. The molecule has 1 radical (unpaired) electrons. The average molecular weight is 202 g/mol. The first-order valence-electron chi connectivity index (χ1n) is 3.39. The molecule has 1 unspecified atom stereocenters. The fourth-order valence-corrected chi connectivity index (χ4v) is 1.42. The van der Waals surface area contributed by atoms with Crippen LogP contribution in [0.25, 0.3) is 0 Å². The zero-order valence-electron chi connectivity index (χ0n) is 6.54. The molecule has 1 aromatic carbocycles. The second-order valence-corrected chi connectivity index (χ2v) is 3.93. The maximum atomic E-state index is 11.1. The Balaban J connectivity index is 3.17. The highest BCUT2D eigenvalue weighted by atomic mass is 32.2. The molecule has 0 aliphatic carbocycles. The highest BCUT2D eigenvalue weighted by molar-refractivity contribution is 7.85. The van der Waals surface area contributed by atoms with Crippen LogP contribution in [-0.2, 0) is 15.2 Å². The normalized spacial score (nSPS) is 14.0. The van der Waals surface area contributed by atoms with E-state index in [-0.39, 0.29) is 11.3 Å². The van der Waals surface area contributed by atoms with Gasteiger partial charge in [-0.3, -0.25) is 4.55 Å². The summed E-state index contributed by atoms with van der Waals surface area (Å²) in [5.74, 6) is 0. The Morgan fingerprint density at radius 3 is 2.31 bits per heavy atom. The number of para-hydroxylation sites is 1. The number of anilines is 1. The van der Waals surface area contributed by atoms with Gasteiger partial charge in [0, 0.05) is 11.3 Å². The summed E-state index contributed by atoms with van der Waals surface area (Å²) in [6.45, 7) is 0. The molecule has 6 heteroatoms.